The molecular formula is C20H23N3O2. The van der Waals surface area contributed by atoms with Gasteiger partial charge in [0.2, 0.25) is 5.91 Å². The Morgan fingerprint density at radius 1 is 1.08 bits per heavy atom. The Morgan fingerprint density at radius 2 is 1.84 bits per heavy atom. The second-order valence-electron chi connectivity index (χ2n) is 6.66. The summed E-state index contributed by atoms with van der Waals surface area (Å²) in [7, 11) is 0. The molecule has 5 nitrogen and oxygen atoms in total. The fourth-order valence-electron chi connectivity index (χ4n) is 3.30. The highest BCUT2D eigenvalue weighted by atomic mass is 16.2. The van der Waals surface area contributed by atoms with E-state index in [1.807, 2.05) is 32.0 Å². The monoisotopic (exact) mass is 337 g/mol. The number of carbonyl (C=O) groups is 2. The molecule has 1 fully saturated rings. The zero-order chi connectivity index (χ0) is 17.8. The normalized spacial score (nSPS) is 19.4. The van der Waals surface area contributed by atoms with Gasteiger partial charge in [-0.25, -0.2) is 0 Å². The quantitative estimate of drug-likeness (QED) is 0.900. The summed E-state index contributed by atoms with van der Waals surface area (Å²) in [6.07, 6.45) is 5.73. The van der Waals surface area contributed by atoms with Gasteiger partial charge in [-0.15, -0.1) is 0 Å². The van der Waals surface area contributed by atoms with Crippen LogP contribution in [-0.4, -0.2) is 22.8 Å². The maximum absolute atomic E-state index is 12.7. The molecule has 5 heteroatoms. The van der Waals surface area contributed by atoms with Crippen LogP contribution >= 0.6 is 0 Å². The lowest BCUT2D eigenvalue weighted by atomic mass is 10.0. The molecule has 0 unspecified atom stereocenters. The molecule has 1 aromatic heterocycles. The number of aryl methyl sites for hydroxylation is 2. The van der Waals surface area contributed by atoms with E-state index in [9.17, 15) is 9.59 Å². The largest absolute Gasteiger partial charge is 0.349 e. The van der Waals surface area contributed by atoms with Crippen LogP contribution in [0.5, 0.6) is 0 Å². The Hall–Kier alpha value is -2.69. The number of hydrogen-bond acceptors (Lipinski definition) is 3. The van der Waals surface area contributed by atoms with Gasteiger partial charge in [0, 0.05) is 29.7 Å². The van der Waals surface area contributed by atoms with Gasteiger partial charge in [0.05, 0.1) is 5.92 Å². The van der Waals surface area contributed by atoms with Gasteiger partial charge in [-0.2, -0.15) is 0 Å². The van der Waals surface area contributed by atoms with Crippen molar-refractivity contribution in [2.75, 3.05) is 5.32 Å². The average Bonchev–Trinajstić information content (AvgIpc) is 3.07. The van der Waals surface area contributed by atoms with Gasteiger partial charge >= 0.3 is 0 Å². The maximum atomic E-state index is 12.7. The third-order valence-electron chi connectivity index (χ3n) is 4.76. The Kier molecular flexibility index (Phi) is 5.12. The molecule has 0 aliphatic heterocycles. The van der Waals surface area contributed by atoms with E-state index < -0.39 is 0 Å². The van der Waals surface area contributed by atoms with Gasteiger partial charge in [0.1, 0.15) is 0 Å². The number of amides is 2. The van der Waals surface area contributed by atoms with E-state index in [1.165, 1.54) is 0 Å². The topological polar surface area (TPSA) is 71.1 Å². The molecule has 0 saturated heterocycles. The zero-order valence-electron chi connectivity index (χ0n) is 14.6. The van der Waals surface area contributed by atoms with Gasteiger partial charge < -0.3 is 10.6 Å². The van der Waals surface area contributed by atoms with Crippen molar-refractivity contribution in [1.82, 2.24) is 10.3 Å². The fraction of sp³-hybridized carbons (Fsp3) is 0.350. The number of anilines is 1. The zero-order valence-corrected chi connectivity index (χ0v) is 14.6. The van der Waals surface area contributed by atoms with E-state index in [1.54, 1.807) is 24.5 Å². The van der Waals surface area contributed by atoms with E-state index in [0.717, 1.165) is 36.1 Å². The lowest BCUT2D eigenvalue weighted by Gasteiger charge is -2.21. The number of nitrogens with zero attached hydrogens (tertiary/aromatic N) is 1. The summed E-state index contributed by atoms with van der Waals surface area (Å²) in [6, 6.07) is 9.23. The van der Waals surface area contributed by atoms with Gasteiger partial charge in [0.15, 0.2) is 0 Å². The van der Waals surface area contributed by atoms with Gasteiger partial charge in [-0.1, -0.05) is 18.6 Å². The van der Waals surface area contributed by atoms with Crippen molar-refractivity contribution >= 4 is 17.5 Å². The first kappa shape index (κ1) is 17.1. The predicted octanol–water partition coefficient (Wildman–Crippen LogP) is 3.24. The van der Waals surface area contributed by atoms with E-state index in [4.69, 9.17) is 0 Å². The molecule has 1 aliphatic carbocycles. The van der Waals surface area contributed by atoms with Crippen molar-refractivity contribution in [3.05, 3.63) is 59.4 Å². The van der Waals surface area contributed by atoms with Crippen LogP contribution in [0.4, 0.5) is 5.69 Å². The predicted molar refractivity (Wildman–Crippen MR) is 97.4 cm³/mol. The molecule has 2 atom stereocenters. The van der Waals surface area contributed by atoms with E-state index in [-0.39, 0.29) is 23.8 Å². The summed E-state index contributed by atoms with van der Waals surface area (Å²) in [5.41, 5.74) is 3.55. The third-order valence-corrected chi connectivity index (χ3v) is 4.76. The number of hydrogen-bond donors (Lipinski definition) is 2. The molecule has 0 spiro atoms. The number of nitrogens with one attached hydrogen (secondary N) is 2. The molecule has 25 heavy (non-hydrogen) atoms. The average molecular weight is 337 g/mol. The Bertz CT molecular complexity index is 774. The molecule has 0 radical (unpaired) electrons. The minimum Gasteiger partial charge on any atom is -0.349 e. The van der Waals surface area contributed by atoms with Crippen molar-refractivity contribution in [3.63, 3.8) is 0 Å². The van der Waals surface area contributed by atoms with Gasteiger partial charge in [-0.3, -0.25) is 14.6 Å². The summed E-state index contributed by atoms with van der Waals surface area (Å²) >= 11 is 0. The third kappa shape index (κ3) is 4.05. The Labute approximate surface area is 147 Å². The van der Waals surface area contributed by atoms with Crippen LogP contribution in [0.2, 0.25) is 0 Å². The summed E-state index contributed by atoms with van der Waals surface area (Å²) in [5, 5.41) is 6.05. The maximum Gasteiger partial charge on any atom is 0.251 e. The molecule has 1 saturated carbocycles. The summed E-state index contributed by atoms with van der Waals surface area (Å²) in [5.74, 6) is -0.379. The van der Waals surface area contributed by atoms with Crippen LogP contribution in [0.3, 0.4) is 0 Å². The first-order valence-corrected chi connectivity index (χ1v) is 8.63. The number of benzene rings is 1. The van der Waals surface area contributed by atoms with Crippen LogP contribution in [0.15, 0.2) is 42.7 Å². The number of carbonyl (C=O) groups excluding carboxylic acids is 2. The first-order valence-electron chi connectivity index (χ1n) is 8.63. The molecule has 130 valence electrons. The van der Waals surface area contributed by atoms with Crippen molar-refractivity contribution in [3.8, 4) is 0 Å². The highest BCUT2D eigenvalue weighted by molar-refractivity contribution is 5.96. The first-order chi connectivity index (χ1) is 12.0. The molecule has 1 aliphatic rings. The number of aromatic nitrogens is 1. The molecule has 3 rings (SSSR count). The van der Waals surface area contributed by atoms with Crippen LogP contribution in [0, 0.1) is 19.8 Å². The van der Waals surface area contributed by atoms with Crippen LogP contribution < -0.4 is 10.6 Å². The molecule has 2 N–H and O–H groups in total. The lowest BCUT2D eigenvalue weighted by Crippen LogP contribution is -2.42. The van der Waals surface area contributed by atoms with Crippen molar-refractivity contribution < 1.29 is 9.59 Å². The molecular weight excluding hydrogens is 314 g/mol. The van der Waals surface area contributed by atoms with Crippen LogP contribution in [0.1, 0.15) is 40.7 Å². The molecule has 2 aromatic rings. The molecule has 2 amide bonds. The number of pyridine rings is 1. The van der Waals surface area contributed by atoms with Crippen LogP contribution in [0.25, 0.3) is 0 Å². The van der Waals surface area contributed by atoms with Gasteiger partial charge in [-0.05, 0) is 56.0 Å². The summed E-state index contributed by atoms with van der Waals surface area (Å²) < 4.78 is 0. The van der Waals surface area contributed by atoms with Crippen molar-refractivity contribution in [2.24, 2.45) is 5.92 Å². The van der Waals surface area contributed by atoms with Crippen molar-refractivity contribution in [1.29, 1.82) is 0 Å². The Balaban J connectivity index is 1.67. The summed E-state index contributed by atoms with van der Waals surface area (Å²) in [6.45, 7) is 3.98. The summed E-state index contributed by atoms with van der Waals surface area (Å²) in [4.78, 5) is 29.0. The minimum absolute atomic E-state index is 0.0220. The molecule has 1 heterocycles. The van der Waals surface area contributed by atoms with E-state index in [2.05, 4.69) is 15.6 Å². The smallest absolute Gasteiger partial charge is 0.251 e. The second kappa shape index (κ2) is 7.47. The molecule has 1 aromatic carbocycles. The Morgan fingerprint density at radius 3 is 2.60 bits per heavy atom. The standard InChI is InChI=1S/C20H23N3O2/c1-13-6-7-14(2)18(12-13)23-20(25)16-4-3-5-17(16)22-19(24)15-8-10-21-11-9-15/h6-12,16-17H,3-5H2,1-2H3,(H,22,24)(H,23,25)/t16-,17+/m0/s1. The highest BCUT2D eigenvalue weighted by Crippen LogP contribution is 2.28. The van der Waals surface area contributed by atoms with Crippen molar-refractivity contribution in [2.45, 2.75) is 39.2 Å². The lowest BCUT2D eigenvalue weighted by molar-refractivity contribution is -0.120. The van der Waals surface area contributed by atoms with E-state index >= 15 is 0 Å². The fourth-order valence-corrected chi connectivity index (χ4v) is 3.30. The van der Waals surface area contributed by atoms with Gasteiger partial charge in [0.25, 0.3) is 5.91 Å². The second-order valence-corrected chi connectivity index (χ2v) is 6.66. The van der Waals surface area contributed by atoms with E-state index in [0.29, 0.717) is 5.56 Å². The minimum atomic E-state index is -0.203. The SMILES string of the molecule is Cc1ccc(C)c(NC(=O)[C@H]2CCC[C@H]2NC(=O)c2ccncc2)c1. The number of rotatable bonds is 4. The molecule has 0 bridgehead atoms. The van der Waals surface area contributed by atoms with Crippen LogP contribution in [-0.2, 0) is 4.79 Å². The highest BCUT2D eigenvalue weighted by Gasteiger charge is 2.34.